The summed E-state index contributed by atoms with van der Waals surface area (Å²) < 4.78 is 0. The molecule has 0 amide bonds. The summed E-state index contributed by atoms with van der Waals surface area (Å²) in [6.07, 6.45) is 0. The first-order valence-corrected chi connectivity index (χ1v) is 23.3. The van der Waals surface area contributed by atoms with Crippen molar-refractivity contribution in [2.45, 2.75) is 10.8 Å². The molecule has 0 saturated heterocycles. The van der Waals surface area contributed by atoms with E-state index in [4.69, 9.17) is 0 Å². The Bertz CT molecular complexity index is 3520. The highest BCUT2D eigenvalue weighted by Crippen LogP contribution is 2.65. The number of fused-ring (bicyclic) bond motifs is 10. The third kappa shape index (κ3) is 5.75. The van der Waals surface area contributed by atoms with E-state index in [1.807, 2.05) is 0 Å². The minimum absolute atomic E-state index is 0.547. The molecule has 13 rings (SSSR count). The summed E-state index contributed by atoms with van der Waals surface area (Å²) in [6, 6.07) is 101. The van der Waals surface area contributed by atoms with Crippen LogP contribution >= 0.6 is 0 Å². The monoisotopic (exact) mass is 851 g/mol. The van der Waals surface area contributed by atoms with Crippen molar-refractivity contribution in [3.63, 3.8) is 0 Å². The molecule has 0 bridgehead atoms. The van der Waals surface area contributed by atoms with E-state index in [-0.39, 0.29) is 0 Å². The molecule has 2 aliphatic rings. The molecule has 0 aliphatic heterocycles. The van der Waals surface area contributed by atoms with Crippen molar-refractivity contribution >= 4 is 27.8 Å². The van der Waals surface area contributed by atoms with Crippen LogP contribution < -0.4 is 4.90 Å². The third-order valence-corrected chi connectivity index (χ3v) is 14.6. The Morgan fingerprint density at radius 2 is 0.657 bits per heavy atom. The van der Waals surface area contributed by atoms with E-state index in [1.165, 1.54) is 88.7 Å². The van der Waals surface area contributed by atoms with Gasteiger partial charge in [0.15, 0.2) is 0 Å². The number of nitrogens with zero attached hydrogens (tertiary/aromatic N) is 1. The molecule has 67 heavy (non-hydrogen) atoms. The van der Waals surface area contributed by atoms with Gasteiger partial charge in [-0.05, 0) is 120 Å². The van der Waals surface area contributed by atoms with Gasteiger partial charge in [-0.15, -0.1) is 0 Å². The molecule has 0 heterocycles. The predicted molar refractivity (Wildman–Crippen MR) is 279 cm³/mol. The highest BCUT2D eigenvalue weighted by atomic mass is 15.1. The average Bonchev–Trinajstić information content (AvgIpc) is 3.70. The van der Waals surface area contributed by atoms with Crippen LogP contribution in [0.3, 0.4) is 0 Å². The highest BCUT2D eigenvalue weighted by Gasteiger charge is 2.56. The van der Waals surface area contributed by atoms with Gasteiger partial charge >= 0.3 is 0 Å². The van der Waals surface area contributed by atoms with Gasteiger partial charge in [-0.3, -0.25) is 0 Å². The number of rotatable bonds is 7. The van der Waals surface area contributed by atoms with Crippen LogP contribution in [0.4, 0.5) is 17.1 Å². The van der Waals surface area contributed by atoms with Gasteiger partial charge in [0.1, 0.15) is 0 Å². The van der Waals surface area contributed by atoms with Crippen molar-refractivity contribution in [3.8, 4) is 33.4 Å². The summed E-state index contributed by atoms with van der Waals surface area (Å²) in [4.78, 5) is 2.40. The maximum atomic E-state index is 2.53. The standard InChI is InChI=1S/C66H45N/c1-5-21-46(22-6-1)47-37-40-52(41-38-47)67(51-27-11-4-12-28-51)64-44-43-53(54-29-13-14-31-57(54)64)48-39-42-56-55-30-15-16-32-58(55)66(63(56)45-48)61-35-19-17-33-59(61)65(49-23-7-2-8-24-49,50-25-9-3-10-26-50)60-34-18-20-36-62(60)66/h1-45H. The normalized spacial score (nSPS) is 13.6. The van der Waals surface area contributed by atoms with Crippen LogP contribution in [-0.2, 0) is 10.8 Å². The number of para-hydroxylation sites is 1. The van der Waals surface area contributed by atoms with E-state index in [2.05, 4.69) is 278 Å². The molecule has 0 atom stereocenters. The minimum atomic E-state index is -0.575. The van der Waals surface area contributed by atoms with Crippen LogP contribution in [0, 0.1) is 0 Å². The van der Waals surface area contributed by atoms with Gasteiger partial charge in [-0.2, -0.15) is 0 Å². The minimum Gasteiger partial charge on any atom is -0.310 e. The first kappa shape index (κ1) is 38.9. The van der Waals surface area contributed by atoms with Gasteiger partial charge in [0.25, 0.3) is 0 Å². The molecule has 1 nitrogen and oxygen atoms in total. The highest BCUT2D eigenvalue weighted by molar-refractivity contribution is 6.07. The van der Waals surface area contributed by atoms with Crippen molar-refractivity contribution in [3.05, 3.63) is 317 Å². The fourth-order valence-electron chi connectivity index (χ4n) is 11.9. The zero-order valence-corrected chi connectivity index (χ0v) is 36.9. The number of hydrogen-bond acceptors (Lipinski definition) is 1. The molecule has 11 aromatic rings. The summed E-state index contributed by atoms with van der Waals surface area (Å²) in [7, 11) is 0. The maximum absolute atomic E-state index is 2.53. The molecule has 0 aromatic heterocycles. The Kier molecular flexibility index (Phi) is 9.05. The molecule has 0 unspecified atom stereocenters. The van der Waals surface area contributed by atoms with Crippen LogP contribution in [-0.4, -0.2) is 0 Å². The first-order valence-electron chi connectivity index (χ1n) is 23.3. The quantitative estimate of drug-likeness (QED) is 0.154. The van der Waals surface area contributed by atoms with Gasteiger partial charge < -0.3 is 4.90 Å². The van der Waals surface area contributed by atoms with Crippen molar-refractivity contribution < 1.29 is 0 Å². The second-order valence-electron chi connectivity index (χ2n) is 17.9. The summed E-state index contributed by atoms with van der Waals surface area (Å²) in [6.45, 7) is 0. The van der Waals surface area contributed by atoms with Crippen LogP contribution in [0.2, 0.25) is 0 Å². The van der Waals surface area contributed by atoms with E-state index < -0.39 is 10.8 Å². The molecule has 314 valence electrons. The average molecular weight is 852 g/mol. The summed E-state index contributed by atoms with van der Waals surface area (Å²) in [5.41, 5.74) is 20.1. The lowest BCUT2D eigenvalue weighted by Gasteiger charge is -2.50. The zero-order valence-electron chi connectivity index (χ0n) is 36.9. The van der Waals surface area contributed by atoms with Gasteiger partial charge in [-0.1, -0.05) is 237 Å². The van der Waals surface area contributed by atoms with Crippen molar-refractivity contribution in [1.82, 2.24) is 0 Å². The number of anilines is 3. The summed E-state index contributed by atoms with van der Waals surface area (Å²) >= 11 is 0. The predicted octanol–water partition coefficient (Wildman–Crippen LogP) is 16.7. The van der Waals surface area contributed by atoms with E-state index in [1.54, 1.807) is 0 Å². The van der Waals surface area contributed by atoms with Gasteiger partial charge in [0.05, 0.1) is 16.5 Å². The van der Waals surface area contributed by atoms with E-state index >= 15 is 0 Å². The first-order chi connectivity index (χ1) is 33.3. The number of benzene rings is 11. The fraction of sp³-hybridized carbons (Fsp3) is 0.0303. The molecule has 2 aliphatic carbocycles. The molecule has 11 aromatic carbocycles. The van der Waals surface area contributed by atoms with Gasteiger partial charge in [0, 0.05) is 16.8 Å². The van der Waals surface area contributed by atoms with Crippen LogP contribution in [0.5, 0.6) is 0 Å². The zero-order chi connectivity index (χ0) is 44.4. The lowest BCUT2D eigenvalue weighted by molar-refractivity contribution is 0.624. The van der Waals surface area contributed by atoms with Crippen molar-refractivity contribution in [2.24, 2.45) is 0 Å². The second kappa shape index (κ2) is 15.6. The van der Waals surface area contributed by atoms with E-state index in [0.717, 1.165) is 17.1 Å². The Morgan fingerprint density at radius 1 is 0.239 bits per heavy atom. The Balaban J connectivity index is 1.03. The maximum Gasteiger partial charge on any atom is 0.0720 e. The molecule has 1 heteroatoms. The van der Waals surface area contributed by atoms with Crippen LogP contribution in [0.15, 0.2) is 273 Å². The van der Waals surface area contributed by atoms with Crippen molar-refractivity contribution in [1.29, 1.82) is 0 Å². The van der Waals surface area contributed by atoms with E-state index in [0.29, 0.717) is 0 Å². The molecular formula is C66H45N. The molecule has 0 radical (unpaired) electrons. The third-order valence-electron chi connectivity index (χ3n) is 14.6. The molecule has 0 fully saturated rings. The lowest BCUT2D eigenvalue weighted by Crippen LogP contribution is -2.44. The second-order valence-corrected chi connectivity index (χ2v) is 17.9. The van der Waals surface area contributed by atoms with Crippen LogP contribution in [0.25, 0.3) is 44.2 Å². The molecule has 0 N–H and O–H groups in total. The fourth-order valence-corrected chi connectivity index (χ4v) is 11.9. The Hall–Kier alpha value is -8.52. The summed E-state index contributed by atoms with van der Waals surface area (Å²) in [5, 5.41) is 2.40. The van der Waals surface area contributed by atoms with Crippen LogP contribution in [0.1, 0.15) is 44.5 Å². The summed E-state index contributed by atoms with van der Waals surface area (Å²) in [5.74, 6) is 0. The SMILES string of the molecule is c1ccc(-c2ccc(N(c3ccccc3)c3ccc(-c4ccc5c(c4)C4(c6ccccc6-5)c5ccccc5C(c5ccccc5)(c5ccccc5)c5ccccc54)c4ccccc34)cc2)cc1. The lowest BCUT2D eigenvalue weighted by atomic mass is 9.51. The Morgan fingerprint density at radius 3 is 1.27 bits per heavy atom. The topological polar surface area (TPSA) is 3.24 Å². The van der Waals surface area contributed by atoms with E-state index in [9.17, 15) is 0 Å². The molecule has 0 saturated carbocycles. The largest absolute Gasteiger partial charge is 0.310 e. The van der Waals surface area contributed by atoms with Gasteiger partial charge in [0.2, 0.25) is 0 Å². The molecular weight excluding hydrogens is 807 g/mol. The van der Waals surface area contributed by atoms with Crippen molar-refractivity contribution in [2.75, 3.05) is 4.90 Å². The smallest absolute Gasteiger partial charge is 0.0720 e. The van der Waals surface area contributed by atoms with Gasteiger partial charge in [-0.25, -0.2) is 0 Å². The Labute approximate surface area is 392 Å². The number of hydrogen-bond donors (Lipinski definition) is 0. The molecule has 1 spiro atoms.